The Balaban J connectivity index is 2.41. The lowest BCUT2D eigenvalue weighted by Crippen LogP contribution is -2.43. The Morgan fingerprint density at radius 1 is 1.07 bits per heavy atom. The Labute approximate surface area is 90.4 Å². The lowest BCUT2D eigenvalue weighted by atomic mass is 9.92. The molecule has 1 aromatic carbocycles. The molecule has 15 heavy (non-hydrogen) atoms. The third kappa shape index (κ3) is 1.78. The number of rotatable bonds is 2. The molecular formula is C12H17NO2. The minimum atomic E-state index is -0.0695. The summed E-state index contributed by atoms with van der Waals surface area (Å²) in [6.07, 6.45) is -0.0951. The van der Waals surface area contributed by atoms with Gasteiger partial charge in [0, 0.05) is 20.3 Å². The van der Waals surface area contributed by atoms with Gasteiger partial charge in [0.1, 0.15) is 12.3 Å². The van der Waals surface area contributed by atoms with Gasteiger partial charge in [-0.1, -0.05) is 24.3 Å². The van der Waals surface area contributed by atoms with E-state index in [4.69, 9.17) is 9.47 Å². The van der Waals surface area contributed by atoms with E-state index in [-0.39, 0.29) is 12.3 Å². The van der Waals surface area contributed by atoms with Crippen molar-refractivity contribution in [2.24, 2.45) is 0 Å². The molecule has 1 heterocycles. The standard InChI is InChI=1S/C12H17NO2/c1-8-9-6-4-5-7-10(9)11(14-2)12(13-8)15-3/h4-8,11-13H,1-3H3. The second kappa shape index (κ2) is 4.31. The average molecular weight is 207 g/mol. The van der Waals surface area contributed by atoms with Crippen molar-refractivity contribution in [3.8, 4) is 0 Å². The van der Waals surface area contributed by atoms with Crippen LogP contribution >= 0.6 is 0 Å². The van der Waals surface area contributed by atoms with E-state index in [9.17, 15) is 0 Å². The molecule has 0 spiro atoms. The SMILES string of the molecule is COC1NC(C)c2ccccc2C1OC. The zero-order valence-corrected chi connectivity index (χ0v) is 9.36. The van der Waals surface area contributed by atoms with Crippen molar-refractivity contribution in [1.82, 2.24) is 5.32 Å². The molecule has 3 atom stereocenters. The first-order chi connectivity index (χ1) is 7.27. The van der Waals surface area contributed by atoms with Gasteiger partial charge in [-0.05, 0) is 18.1 Å². The van der Waals surface area contributed by atoms with Crippen molar-refractivity contribution < 1.29 is 9.47 Å². The zero-order valence-electron chi connectivity index (χ0n) is 9.36. The molecule has 0 radical (unpaired) electrons. The smallest absolute Gasteiger partial charge is 0.138 e. The van der Waals surface area contributed by atoms with Crippen LogP contribution in [0.5, 0.6) is 0 Å². The third-order valence-corrected chi connectivity index (χ3v) is 2.97. The molecule has 1 aromatic rings. The quantitative estimate of drug-likeness (QED) is 0.804. The summed E-state index contributed by atoms with van der Waals surface area (Å²) in [6, 6.07) is 8.63. The predicted octanol–water partition coefficient (Wildman–Crippen LogP) is 2.01. The number of hydrogen-bond acceptors (Lipinski definition) is 3. The molecule has 0 saturated carbocycles. The molecule has 1 N–H and O–H groups in total. The van der Waals surface area contributed by atoms with E-state index in [1.54, 1.807) is 14.2 Å². The van der Waals surface area contributed by atoms with Crippen LogP contribution in [0.2, 0.25) is 0 Å². The van der Waals surface area contributed by atoms with Crippen molar-refractivity contribution in [2.75, 3.05) is 14.2 Å². The second-order valence-corrected chi connectivity index (χ2v) is 3.83. The fourth-order valence-corrected chi connectivity index (χ4v) is 2.19. The maximum atomic E-state index is 5.48. The third-order valence-electron chi connectivity index (χ3n) is 2.97. The highest BCUT2D eigenvalue weighted by Gasteiger charge is 2.32. The van der Waals surface area contributed by atoms with E-state index in [2.05, 4.69) is 30.4 Å². The summed E-state index contributed by atoms with van der Waals surface area (Å²) in [5, 5.41) is 3.38. The lowest BCUT2D eigenvalue weighted by molar-refractivity contribution is -0.0675. The van der Waals surface area contributed by atoms with Gasteiger partial charge < -0.3 is 9.47 Å². The van der Waals surface area contributed by atoms with E-state index in [1.807, 2.05) is 6.07 Å². The van der Waals surface area contributed by atoms with Gasteiger partial charge in [-0.3, -0.25) is 5.32 Å². The fourth-order valence-electron chi connectivity index (χ4n) is 2.19. The highest BCUT2D eigenvalue weighted by Crippen LogP contribution is 2.33. The van der Waals surface area contributed by atoms with Crippen LogP contribution in [0.1, 0.15) is 30.2 Å². The van der Waals surface area contributed by atoms with E-state index < -0.39 is 0 Å². The molecule has 0 amide bonds. The van der Waals surface area contributed by atoms with Crippen LogP contribution in [0.15, 0.2) is 24.3 Å². The molecule has 1 aliphatic heterocycles. The Morgan fingerprint density at radius 2 is 1.73 bits per heavy atom. The van der Waals surface area contributed by atoms with Crippen molar-refractivity contribution in [2.45, 2.75) is 25.3 Å². The molecule has 0 aromatic heterocycles. The first-order valence-electron chi connectivity index (χ1n) is 5.18. The fraction of sp³-hybridized carbons (Fsp3) is 0.500. The topological polar surface area (TPSA) is 30.5 Å². The van der Waals surface area contributed by atoms with Crippen LogP contribution in [0.3, 0.4) is 0 Å². The summed E-state index contributed by atoms with van der Waals surface area (Å²) in [4.78, 5) is 0. The molecule has 0 bridgehead atoms. The Kier molecular flexibility index (Phi) is 3.05. The van der Waals surface area contributed by atoms with Crippen molar-refractivity contribution in [3.05, 3.63) is 35.4 Å². The normalized spacial score (nSPS) is 29.9. The average Bonchev–Trinajstić information content (AvgIpc) is 2.29. The zero-order chi connectivity index (χ0) is 10.8. The van der Waals surface area contributed by atoms with Crippen LogP contribution in [0.4, 0.5) is 0 Å². The number of nitrogens with one attached hydrogen (secondary N) is 1. The second-order valence-electron chi connectivity index (χ2n) is 3.83. The van der Waals surface area contributed by atoms with Gasteiger partial charge in [-0.2, -0.15) is 0 Å². The van der Waals surface area contributed by atoms with Crippen LogP contribution in [0.25, 0.3) is 0 Å². The van der Waals surface area contributed by atoms with Crippen LogP contribution < -0.4 is 5.32 Å². The van der Waals surface area contributed by atoms with E-state index >= 15 is 0 Å². The molecule has 82 valence electrons. The van der Waals surface area contributed by atoms with Gasteiger partial charge in [0.25, 0.3) is 0 Å². The summed E-state index contributed by atoms with van der Waals surface area (Å²) in [5.41, 5.74) is 2.51. The number of methoxy groups -OCH3 is 2. The molecule has 0 aliphatic carbocycles. The number of hydrogen-bond donors (Lipinski definition) is 1. The monoisotopic (exact) mass is 207 g/mol. The van der Waals surface area contributed by atoms with Crippen molar-refractivity contribution >= 4 is 0 Å². The number of ether oxygens (including phenoxy) is 2. The Hall–Kier alpha value is -0.900. The minimum Gasteiger partial charge on any atom is -0.373 e. The summed E-state index contributed by atoms with van der Waals surface area (Å²) in [5.74, 6) is 0. The van der Waals surface area contributed by atoms with Crippen molar-refractivity contribution in [3.63, 3.8) is 0 Å². The maximum absolute atomic E-state index is 5.48. The number of fused-ring (bicyclic) bond motifs is 1. The first-order valence-corrected chi connectivity index (χ1v) is 5.18. The van der Waals surface area contributed by atoms with Crippen LogP contribution in [-0.4, -0.2) is 20.4 Å². The molecule has 0 fully saturated rings. The number of benzene rings is 1. The molecule has 3 heteroatoms. The largest absolute Gasteiger partial charge is 0.373 e. The van der Waals surface area contributed by atoms with Gasteiger partial charge in [0.05, 0.1) is 0 Å². The summed E-state index contributed by atoms with van der Waals surface area (Å²) < 4.78 is 10.9. The highest BCUT2D eigenvalue weighted by atomic mass is 16.5. The summed E-state index contributed by atoms with van der Waals surface area (Å²) >= 11 is 0. The van der Waals surface area contributed by atoms with Gasteiger partial charge in [-0.15, -0.1) is 0 Å². The molecular weight excluding hydrogens is 190 g/mol. The lowest BCUT2D eigenvalue weighted by Gasteiger charge is -2.36. The molecule has 2 rings (SSSR count). The summed E-state index contributed by atoms with van der Waals surface area (Å²) in [6.45, 7) is 2.14. The summed E-state index contributed by atoms with van der Waals surface area (Å²) in [7, 11) is 3.41. The Bertz CT molecular complexity index is 340. The molecule has 1 aliphatic rings. The Morgan fingerprint density at radius 3 is 2.33 bits per heavy atom. The molecule has 0 saturated heterocycles. The van der Waals surface area contributed by atoms with Crippen LogP contribution in [-0.2, 0) is 9.47 Å². The molecule has 3 unspecified atom stereocenters. The van der Waals surface area contributed by atoms with Gasteiger partial charge in [0.15, 0.2) is 0 Å². The highest BCUT2D eigenvalue weighted by molar-refractivity contribution is 5.34. The maximum Gasteiger partial charge on any atom is 0.138 e. The van der Waals surface area contributed by atoms with Gasteiger partial charge >= 0.3 is 0 Å². The molecule has 3 nitrogen and oxygen atoms in total. The van der Waals surface area contributed by atoms with E-state index in [0.717, 1.165) is 0 Å². The minimum absolute atomic E-state index is 0.0256. The first kappa shape index (κ1) is 10.6. The van der Waals surface area contributed by atoms with E-state index in [0.29, 0.717) is 6.04 Å². The van der Waals surface area contributed by atoms with Crippen LogP contribution in [0, 0.1) is 0 Å². The van der Waals surface area contributed by atoms with Gasteiger partial charge in [-0.25, -0.2) is 0 Å². The predicted molar refractivity (Wildman–Crippen MR) is 58.5 cm³/mol. The van der Waals surface area contributed by atoms with Crippen molar-refractivity contribution in [1.29, 1.82) is 0 Å². The van der Waals surface area contributed by atoms with Gasteiger partial charge in [0.2, 0.25) is 0 Å². The van der Waals surface area contributed by atoms with E-state index in [1.165, 1.54) is 11.1 Å².